The molecule has 70 heavy (non-hydrogen) atoms. The second-order valence-corrected chi connectivity index (χ2v) is 22.9. The Bertz CT molecular complexity index is 4070. The lowest BCUT2D eigenvalue weighted by molar-refractivity contribution is 0.591. The van der Waals surface area contributed by atoms with E-state index in [1.807, 2.05) is 0 Å². The fourth-order valence-corrected chi connectivity index (χ4v) is 13.2. The summed E-state index contributed by atoms with van der Waals surface area (Å²) in [6.45, 7) is 21.4. The third-order valence-electron chi connectivity index (χ3n) is 16.8. The van der Waals surface area contributed by atoms with Gasteiger partial charge in [-0.2, -0.15) is 0 Å². The maximum Gasteiger partial charge on any atom is 0.143 e. The zero-order valence-electron chi connectivity index (χ0n) is 41.4. The first-order valence-corrected chi connectivity index (χ1v) is 25.0. The molecular formula is C67H55NO2. The van der Waals surface area contributed by atoms with Crippen molar-refractivity contribution in [1.29, 1.82) is 0 Å². The molecule has 0 N–H and O–H groups in total. The smallest absolute Gasteiger partial charge is 0.143 e. The molecule has 0 aliphatic heterocycles. The predicted octanol–water partition coefficient (Wildman–Crippen LogP) is 18.8. The number of hydrogen-bond donors (Lipinski definition) is 0. The molecule has 0 spiro atoms. The Morgan fingerprint density at radius 3 is 1.61 bits per heavy atom. The van der Waals surface area contributed by atoms with E-state index in [9.17, 15) is 0 Å². The molecule has 340 valence electrons. The van der Waals surface area contributed by atoms with Gasteiger partial charge in [0.2, 0.25) is 0 Å². The molecule has 3 aliphatic carbocycles. The van der Waals surface area contributed by atoms with Crippen LogP contribution in [-0.2, 0) is 21.7 Å². The number of fused-ring (bicyclic) bond motifs is 17. The minimum absolute atomic E-state index is 0.0512. The molecule has 3 heteroatoms. The standard InChI is InChI=1S/C67H55NO2/c1-64(2,3)49-24-16-13-21-41(49)47-36-55-59(62-45-23-15-18-26-57(45)70-63(47)62)43-30-28-40(34-52(43)67(55,8)9)68(38-19-11-10-12-20-38)39-27-29-42-46-35-54-48(37-53(46)66(6,7)51(42)33-39)60-50(65(54,4)5)31-32-58-61(60)44-22-14-17-25-56(44)69-58/h10-37H,1-9H3. The van der Waals surface area contributed by atoms with Crippen LogP contribution in [0.25, 0.3) is 88.4 Å². The molecule has 0 atom stereocenters. The van der Waals surface area contributed by atoms with Crippen molar-refractivity contribution in [3.8, 4) is 44.5 Å². The normalized spacial score (nSPS) is 15.6. The Morgan fingerprint density at radius 2 is 0.886 bits per heavy atom. The van der Waals surface area contributed by atoms with Gasteiger partial charge in [0.15, 0.2) is 0 Å². The highest BCUT2D eigenvalue weighted by Gasteiger charge is 2.44. The quantitative estimate of drug-likeness (QED) is 0.176. The molecule has 9 aromatic carbocycles. The van der Waals surface area contributed by atoms with Crippen LogP contribution in [0.5, 0.6) is 0 Å². The molecule has 2 heterocycles. The van der Waals surface area contributed by atoms with Gasteiger partial charge in [-0.15, -0.1) is 0 Å². The molecule has 11 aromatic rings. The summed E-state index contributed by atoms with van der Waals surface area (Å²) in [6, 6.07) is 63.3. The van der Waals surface area contributed by atoms with Crippen LogP contribution in [0, 0.1) is 0 Å². The maximum absolute atomic E-state index is 6.93. The fraction of sp³-hybridized carbons (Fsp3) is 0.194. The van der Waals surface area contributed by atoms with Gasteiger partial charge in [0.25, 0.3) is 0 Å². The van der Waals surface area contributed by atoms with Gasteiger partial charge in [0.05, 0.1) is 0 Å². The summed E-state index contributed by atoms with van der Waals surface area (Å²) in [5, 5.41) is 4.77. The Hall–Kier alpha value is -7.62. The van der Waals surface area contributed by atoms with Crippen LogP contribution in [0.1, 0.15) is 101 Å². The molecule has 0 fully saturated rings. The van der Waals surface area contributed by atoms with E-state index in [0.29, 0.717) is 0 Å². The van der Waals surface area contributed by atoms with E-state index in [-0.39, 0.29) is 21.7 Å². The van der Waals surface area contributed by atoms with E-state index in [2.05, 4.69) is 237 Å². The van der Waals surface area contributed by atoms with E-state index in [0.717, 1.165) is 50.3 Å². The molecular weight excluding hydrogens is 851 g/mol. The zero-order valence-corrected chi connectivity index (χ0v) is 41.4. The second kappa shape index (κ2) is 13.8. The van der Waals surface area contributed by atoms with E-state index < -0.39 is 0 Å². The average molecular weight is 906 g/mol. The number of furan rings is 2. The van der Waals surface area contributed by atoms with Gasteiger partial charge in [-0.25, -0.2) is 0 Å². The van der Waals surface area contributed by atoms with Crippen molar-refractivity contribution >= 4 is 60.9 Å². The van der Waals surface area contributed by atoms with Gasteiger partial charge in [-0.1, -0.05) is 159 Å². The molecule has 3 aliphatic rings. The molecule has 3 nitrogen and oxygen atoms in total. The number of anilines is 3. The maximum atomic E-state index is 6.93. The highest BCUT2D eigenvalue weighted by molar-refractivity contribution is 6.19. The van der Waals surface area contributed by atoms with Crippen LogP contribution in [-0.4, -0.2) is 0 Å². The number of para-hydroxylation sites is 3. The van der Waals surface area contributed by atoms with Crippen LogP contribution >= 0.6 is 0 Å². The minimum Gasteiger partial charge on any atom is -0.456 e. The van der Waals surface area contributed by atoms with E-state index >= 15 is 0 Å². The van der Waals surface area contributed by atoms with Crippen LogP contribution in [0.2, 0.25) is 0 Å². The number of rotatable bonds is 4. The number of nitrogens with zero attached hydrogens (tertiary/aromatic N) is 1. The first-order valence-electron chi connectivity index (χ1n) is 25.0. The SMILES string of the molecule is CC(C)(C)c1ccccc1-c1cc2c(c3c1oc1ccccc13)-c1ccc(N(c3ccccc3)c3ccc4c(c3)C(C)(C)c3cc5c(cc3-4)C(C)(C)c3ccc4oc6ccccc6c4c3-5)cc1C2(C)C. The zero-order chi connectivity index (χ0) is 47.8. The molecule has 2 aromatic heterocycles. The van der Waals surface area contributed by atoms with E-state index in [1.54, 1.807) is 0 Å². The second-order valence-electron chi connectivity index (χ2n) is 22.9. The molecule has 0 saturated carbocycles. The Morgan fingerprint density at radius 1 is 0.357 bits per heavy atom. The highest BCUT2D eigenvalue weighted by atomic mass is 16.3. The van der Waals surface area contributed by atoms with Gasteiger partial charge >= 0.3 is 0 Å². The molecule has 14 rings (SSSR count). The topological polar surface area (TPSA) is 29.5 Å². The molecule has 0 bridgehead atoms. The Kier molecular flexibility index (Phi) is 8.15. The summed E-state index contributed by atoms with van der Waals surface area (Å²) in [4.78, 5) is 2.46. The van der Waals surface area contributed by atoms with Crippen molar-refractivity contribution in [2.75, 3.05) is 4.90 Å². The third-order valence-corrected chi connectivity index (χ3v) is 16.8. The van der Waals surface area contributed by atoms with Gasteiger partial charge in [0.1, 0.15) is 22.3 Å². The molecule has 0 amide bonds. The van der Waals surface area contributed by atoms with Crippen molar-refractivity contribution in [2.45, 2.75) is 84.0 Å². The average Bonchev–Trinajstić information content (AvgIpc) is 4.10. The summed E-state index contributed by atoms with van der Waals surface area (Å²) >= 11 is 0. The lowest BCUT2D eigenvalue weighted by atomic mass is 9.78. The van der Waals surface area contributed by atoms with Gasteiger partial charge in [0, 0.05) is 60.4 Å². The monoisotopic (exact) mass is 905 g/mol. The largest absolute Gasteiger partial charge is 0.456 e. The molecule has 0 unspecified atom stereocenters. The van der Waals surface area contributed by atoms with Gasteiger partial charge in [-0.05, 0) is 156 Å². The lowest BCUT2D eigenvalue weighted by Crippen LogP contribution is -2.18. The van der Waals surface area contributed by atoms with Crippen molar-refractivity contribution in [1.82, 2.24) is 0 Å². The summed E-state index contributed by atoms with van der Waals surface area (Å²) in [5.41, 5.74) is 26.1. The van der Waals surface area contributed by atoms with Crippen LogP contribution < -0.4 is 4.90 Å². The van der Waals surface area contributed by atoms with Crippen molar-refractivity contribution in [3.05, 3.63) is 209 Å². The van der Waals surface area contributed by atoms with E-state index in [1.165, 1.54) is 94.0 Å². The summed E-state index contributed by atoms with van der Waals surface area (Å²) in [7, 11) is 0. The van der Waals surface area contributed by atoms with Gasteiger partial charge in [-0.3, -0.25) is 0 Å². The minimum atomic E-state index is -0.302. The number of benzene rings is 9. The summed E-state index contributed by atoms with van der Waals surface area (Å²) in [5.74, 6) is 0. The number of hydrogen-bond acceptors (Lipinski definition) is 3. The summed E-state index contributed by atoms with van der Waals surface area (Å²) in [6.07, 6.45) is 0. The van der Waals surface area contributed by atoms with E-state index in [4.69, 9.17) is 8.83 Å². The van der Waals surface area contributed by atoms with Gasteiger partial charge < -0.3 is 13.7 Å². The van der Waals surface area contributed by atoms with Crippen molar-refractivity contribution in [2.24, 2.45) is 0 Å². The molecule has 0 radical (unpaired) electrons. The first kappa shape index (κ1) is 41.4. The highest BCUT2D eigenvalue weighted by Crippen LogP contribution is 2.60. The fourth-order valence-electron chi connectivity index (χ4n) is 13.2. The Labute approximate surface area is 410 Å². The van der Waals surface area contributed by atoms with Crippen LogP contribution in [0.3, 0.4) is 0 Å². The predicted molar refractivity (Wildman–Crippen MR) is 293 cm³/mol. The van der Waals surface area contributed by atoms with Crippen LogP contribution in [0.4, 0.5) is 17.1 Å². The first-order chi connectivity index (χ1) is 33.6. The third kappa shape index (κ3) is 5.41. The lowest BCUT2D eigenvalue weighted by Gasteiger charge is -2.30. The van der Waals surface area contributed by atoms with Crippen molar-refractivity contribution < 1.29 is 8.83 Å². The summed E-state index contributed by atoms with van der Waals surface area (Å²) < 4.78 is 13.4. The van der Waals surface area contributed by atoms with Crippen LogP contribution in [0.15, 0.2) is 179 Å². The van der Waals surface area contributed by atoms with Crippen molar-refractivity contribution in [3.63, 3.8) is 0 Å². The Balaban J connectivity index is 0.926. The molecule has 0 saturated heterocycles.